The van der Waals surface area contributed by atoms with Crippen LogP contribution < -0.4 is 5.32 Å². The number of nitrogens with zero attached hydrogens (tertiary/aromatic N) is 1. The molecule has 0 saturated heterocycles. The van der Waals surface area contributed by atoms with Crippen molar-refractivity contribution in [3.63, 3.8) is 0 Å². The maximum Gasteiger partial charge on any atom is 0.337 e. The Morgan fingerprint density at radius 3 is 2.52 bits per heavy atom. The molecule has 1 aliphatic carbocycles. The van der Waals surface area contributed by atoms with Gasteiger partial charge in [0, 0.05) is 11.7 Å². The smallest absolute Gasteiger partial charge is 0.337 e. The van der Waals surface area contributed by atoms with Crippen molar-refractivity contribution >= 4 is 12.0 Å². The van der Waals surface area contributed by atoms with Gasteiger partial charge in [-0.15, -0.1) is 0 Å². The molecule has 0 bridgehead atoms. The lowest BCUT2D eigenvalue weighted by atomic mass is 9.95. The lowest BCUT2D eigenvalue weighted by Crippen LogP contribution is -2.48. The Morgan fingerprint density at radius 2 is 1.95 bits per heavy atom. The van der Waals surface area contributed by atoms with E-state index in [2.05, 4.69) is 5.32 Å². The van der Waals surface area contributed by atoms with Gasteiger partial charge in [0.05, 0.1) is 18.7 Å². The molecule has 1 aromatic carbocycles. The first-order valence-electron chi connectivity index (χ1n) is 7.07. The van der Waals surface area contributed by atoms with E-state index in [1.54, 1.807) is 4.90 Å². The summed E-state index contributed by atoms with van der Waals surface area (Å²) in [5.74, 6) is -0.396. The van der Waals surface area contributed by atoms with Crippen molar-refractivity contribution in [3.05, 3.63) is 47.2 Å². The van der Waals surface area contributed by atoms with Gasteiger partial charge in [-0.2, -0.15) is 0 Å². The van der Waals surface area contributed by atoms with Gasteiger partial charge in [0.2, 0.25) is 0 Å². The Hall–Kier alpha value is -2.30. The highest BCUT2D eigenvalue weighted by Crippen LogP contribution is 2.37. The Kier molecular flexibility index (Phi) is 3.41. The second kappa shape index (κ2) is 5.24. The second-order valence-corrected chi connectivity index (χ2v) is 5.39. The average Bonchev–Trinajstić information content (AvgIpc) is 3.31. The average molecular weight is 286 g/mol. The van der Waals surface area contributed by atoms with Crippen LogP contribution in [0.4, 0.5) is 4.79 Å². The van der Waals surface area contributed by atoms with Crippen LogP contribution in [-0.2, 0) is 9.53 Å². The minimum absolute atomic E-state index is 0.142. The normalized spacial score (nSPS) is 22.1. The van der Waals surface area contributed by atoms with Crippen molar-refractivity contribution in [3.8, 4) is 0 Å². The number of amides is 2. The molecular formula is C16H18N2O3. The number of nitrogens with one attached hydrogen (secondary N) is 1. The highest BCUT2D eigenvalue weighted by atomic mass is 16.5. The zero-order valence-corrected chi connectivity index (χ0v) is 12.1. The largest absolute Gasteiger partial charge is 0.466 e. The van der Waals surface area contributed by atoms with Crippen molar-refractivity contribution in [2.75, 3.05) is 7.11 Å². The predicted molar refractivity (Wildman–Crippen MR) is 77.3 cm³/mol. The third-order valence-electron chi connectivity index (χ3n) is 3.98. The molecule has 1 atom stereocenters. The molecular weight excluding hydrogens is 268 g/mol. The molecule has 1 aromatic rings. The fraction of sp³-hybridized carbons (Fsp3) is 0.375. The van der Waals surface area contributed by atoms with Crippen LogP contribution in [0.5, 0.6) is 0 Å². The van der Waals surface area contributed by atoms with Crippen molar-refractivity contribution in [1.82, 2.24) is 10.2 Å². The fourth-order valence-corrected chi connectivity index (χ4v) is 2.80. The maximum atomic E-state index is 12.4. The summed E-state index contributed by atoms with van der Waals surface area (Å²) in [5, 5.41) is 2.93. The lowest BCUT2D eigenvalue weighted by molar-refractivity contribution is -0.136. The van der Waals surface area contributed by atoms with Crippen LogP contribution in [0.3, 0.4) is 0 Å². The first kappa shape index (κ1) is 13.7. The van der Waals surface area contributed by atoms with E-state index in [-0.39, 0.29) is 12.1 Å². The summed E-state index contributed by atoms with van der Waals surface area (Å²) in [5.41, 5.74) is 2.08. The van der Waals surface area contributed by atoms with Gasteiger partial charge in [-0.3, -0.25) is 4.90 Å². The second-order valence-electron chi connectivity index (χ2n) is 5.39. The van der Waals surface area contributed by atoms with Crippen molar-refractivity contribution in [1.29, 1.82) is 0 Å². The summed E-state index contributed by atoms with van der Waals surface area (Å²) < 4.78 is 4.92. The number of carbonyl (C=O) groups excluding carboxylic acids is 2. The SMILES string of the molecule is COC(=O)C1=C(C)N(C2CC2)C(=O)N[C@H]1c1ccccc1. The molecule has 1 aliphatic heterocycles. The minimum Gasteiger partial charge on any atom is -0.466 e. The standard InChI is InChI=1S/C16H18N2O3/c1-10-13(15(19)21-2)14(11-6-4-3-5-7-11)17-16(20)18(10)12-8-9-12/h3-7,12,14H,8-9H2,1-2H3,(H,17,20)/t14-/m0/s1. The lowest BCUT2D eigenvalue weighted by Gasteiger charge is -2.35. The Labute approximate surface area is 123 Å². The first-order chi connectivity index (χ1) is 10.1. The van der Waals surface area contributed by atoms with E-state index in [1.165, 1.54) is 7.11 Å². The monoisotopic (exact) mass is 286 g/mol. The van der Waals surface area contributed by atoms with Gasteiger partial charge in [0.15, 0.2) is 0 Å². The van der Waals surface area contributed by atoms with Crippen LogP contribution in [0.15, 0.2) is 41.6 Å². The molecule has 0 aromatic heterocycles. The molecule has 1 heterocycles. The molecule has 1 N–H and O–H groups in total. The van der Waals surface area contributed by atoms with Crippen LogP contribution in [0.25, 0.3) is 0 Å². The molecule has 0 radical (unpaired) electrons. The van der Waals surface area contributed by atoms with E-state index in [9.17, 15) is 9.59 Å². The van der Waals surface area contributed by atoms with Gasteiger partial charge < -0.3 is 10.1 Å². The van der Waals surface area contributed by atoms with E-state index >= 15 is 0 Å². The number of rotatable bonds is 3. The van der Waals surface area contributed by atoms with E-state index < -0.39 is 12.0 Å². The Bertz CT molecular complexity index is 605. The minimum atomic E-state index is -0.457. The van der Waals surface area contributed by atoms with Crippen LogP contribution in [-0.4, -0.2) is 30.1 Å². The Balaban J connectivity index is 2.07. The van der Waals surface area contributed by atoms with Crippen molar-refractivity contribution < 1.29 is 14.3 Å². The van der Waals surface area contributed by atoms with Gasteiger partial charge >= 0.3 is 12.0 Å². The topological polar surface area (TPSA) is 58.6 Å². The highest BCUT2D eigenvalue weighted by Gasteiger charge is 2.42. The van der Waals surface area contributed by atoms with Crippen LogP contribution in [0, 0.1) is 0 Å². The zero-order chi connectivity index (χ0) is 15.0. The van der Waals surface area contributed by atoms with Crippen LogP contribution in [0.2, 0.25) is 0 Å². The van der Waals surface area contributed by atoms with E-state index in [0.717, 1.165) is 18.4 Å². The van der Waals surface area contributed by atoms with Crippen LogP contribution in [0.1, 0.15) is 31.4 Å². The number of hydrogen-bond donors (Lipinski definition) is 1. The van der Waals surface area contributed by atoms with Crippen LogP contribution >= 0.6 is 0 Å². The van der Waals surface area contributed by atoms with Gasteiger partial charge in [-0.05, 0) is 25.3 Å². The van der Waals surface area contributed by atoms with Gasteiger partial charge in [0.25, 0.3) is 0 Å². The summed E-state index contributed by atoms with van der Waals surface area (Å²) in [4.78, 5) is 26.2. The molecule has 5 heteroatoms. The molecule has 110 valence electrons. The van der Waals surface area contributed by atoms with Crippen molar-refractivity contribution in [2.45, 2.75) is 31.8 Å². The molecule has 2 amide bonds. The number of hydrogen-bond acceptors (Lipinski definition) is 3. The van der Waals surface area contributed by atoms with E-state index in [1.807, 2.05) is 37.3 Å². The highest BCUT2D eigenvalue weighted by molar-refractivity contribution is 5.95. The number of methoxy groups -OCH3 is 1. The molecule has 1 fully saturated rings. The van der Waals surface area contributed by atoms with Gasteiger partial charge in [-0.1, -0.05) is 30.3 Å². The molecule has 1 saturated carbocycles. The quantitative estimate of drug-likeness (QED) is 0.868. The first-order valence-corrected chi connectivity index (χ1v) is 7.07. The third-order valence-corrected chi connectivity index (χ3v) is 3.98. The molecule has 5 nitrogen and oxygen atoms in total. The number of benzene rings is 1. The molecule has 2 aliphatic rings. The number of carbonyl (C=O) groups is 2. The zero-order valence-electron chi connectivity index (χ0n) is 12.1. The third kappa shape index (κ3) is 2.39. The summed E-state index contributed by atoms with van der Waals surface area (Å²) in [7, 11) is 1.36. The molecule has 21 heavy (non-hydrogen) atoms. The van der Waals surface area contributed by atoms with E-state index in [4.69, 9.17) is 4.74 Å². The number of allylic oxidation sites excluding steroid dienone is 1. The fourth-order valence-electron chi connectivity index (χ4n) is 2.80. The number of ether oxygens (including phenoxy) is 1. The predicted octanol–water partition coefficient (Wildman–Crippen LogP) is 2.36. The summed E-state index contributed by atoms with van der Waals surface area (Å²) >= 11 is 0. The molecule has 3 rings (SSSR count). The summed E-state index contributed by atoms with van der Waals surface area (Å²) in [6.07, 6.45) is 1.96. The molecule has 0 unspecified atom stereocenters. The maximum absolute atomic E-state index is 12.4. The number of esters is 1. The molecule has 0 spiro atoms. The van der Waals surface area contributed by atoms with Gasteiger partial charge in [0.1, 0.15) is 0 Å². The Morgan fingerprint density at radius 1 is 1.29 bits per heavy atom. The summed E-state index contributed by atoms with van der Waals surface area (Å²) in [6, 6.07) is 9.08. The van der Waals surface area contributed by atoms with Crippen molar-refractivity contribution in [2.24, 2.45) is 0 Å². The summed E-state index contributed by atoms with van der Waals surface area (Å²) in [6.45, 7) is 1.82. The van der Waals surface area contributed by atoms with E-state index in [0.29, 0.717) is 11.3 Å². The van der Waals surface area contributed by atoms with Gasteiger partial charge in [-0.25, -0.2) is 9.59 Å². The number of urea groups is 1.